The summed E-state index contributed by atoms with van der Waals surface area (Å²) in [5.41, 5.74) is -0.0560. The highest BCUT2D eigenvalue weighted by Gasteiger charge is 2.39. The molecular weight excluding hydrogens is 302 g/mol. The second kappa shape index (κ2) is 4.25. The third-order valence-electron chi connectivity index (χ3n) is 2.12. The molecule has 0 fully saturated rings. The number of hydrogen-bond donors (Lipinski definition) is 0. The number of carbonyl (C=O) groups is 1. The first kappa shape index (κ1) is 12.3. The molecule has 0 saturated heterocycles. The number of hydrogen-bond acceptors (Lipinski definition) is 4. The van der Waals surface area contributed by atoms with E-state index in [-0.39, 0.29) is 22.7 Å². The van der Waals surface area contributed by atoms with Crippen LogP contribution in [0.1, 0.15) is 17.4 Å². The maximum absolute atomic E-state index is 13.1. The van der Waals surface area contributed by atoms with Crippen molar-refractivity contribution in [3.63, 3.8) is 0 Å². The summed E-state index contributed by atoms with van der Waals surface area (Å²) < 4.78 is 36.9. The van der Waals surface area contributed by atoms with Crippen molar-refractivity contribution < 1.29 is 23.0 Å². The Balaban J connectivity index is 2.34. The van der Waals surface area contributed by atoms with E-state index >= 15 is 0 Å². The average molecular weight is 311 g/mol. The maximum Gasteiger partial charge on any atom is 0.360 e. The van der Waals surface area contributed by atoms with E-state index in [1.54, 1.807) is 6.92 Å². The van der Waals surface area contributed by atoms with E-state index in [0.717, 1.165) is 4.68 Å². The quantitative estimate of drug-likeness (QED) is 0.782. The van der Waals surface area contributed by atoms with Gasteiger partial charge < -0.3 is 9.47 Å². The monoisotopic (exact) mass is 310 g/mol. The Bertz CT molecular complexity index is 461. The van der Waals surface area contributed by atoms with Crippen LogP contribution in [0, 0.1) is 0 Å². The van der Waals surface area contributed by atoms with Crippen LogP contribution in [0.15, 0.2) is 4.47 Å². The van der Waals surface area contributed by atoms with Crippen molar-refractivity contribution in [3.05, 3.63) is 10.2 Å². The van der Waals surface area contributed by atoms with Gasteiger partial charge in [-0.2, -0.15) is 5.10 Å². The normalized spacial score (nSPS) is 17.2. The van der Waals surface area contributed by atoms with E-state index in [9.17, 15) is 13.6 Å². The van der Waals surface area contributed by atoms with Crippen LogP contribution < -0.4 is 4.74 Å². The van der Waals surface area contributed by atoms with Crippen LogP contribution in [-0.4, -0.2) is 34.9 Å². The van der Waals surface area contributed by atoms with Gasteiger partial charge in [0.15, 0.2) is 12.3 Å². The highest BCUT2D eigenvalue weighted by Crippen LogP contribution is 2.35. The van der Waals surface area contributed by atoms with Crippen molar-refractivity contribution >= 4 is 21.9 Å². The lowest BCUT2D eigenvalue weighted by Crippen LogP contribution is -2.36. The van der Waals surface area contributed by atoms with Crippen molar-refractivity contribution in [2.24, 2.45) is 0 Å². The van der Waals surface area contributed by atoms with E-state index < -0.39 is 25.0 Å². The Kier molecular flexibility index (Phi) is 3.07. The lowest BCUT2D eigenvalue weighted by Gasteiger charge is -2.23. The average Bonchev–Trinajstić information content (AvgIpc) is 2.54. The molecular formula is C9H9BrF2N2O3. The molecule has 94 valence electrons. The number of esters is 1. The molecule has 0 aromatic carbocycles. The van der Waals surface area contributed by atoms with E-state index in [1.807, 2.05) is 0 Å². The van der Waals surface area contributed by atoms with Crippen LogP contribution in [0.3, 0.4) is 0 Å². The summed E-state index contributed by atoms with van der Waals surface area (Å²) in [6.45, 7) is 0.497. The van der Waals surface area contributed by atoms with Gasteiger partial charge in [0.1, 0.15) is 11.0 Å². The molecule has 0 amide bonds. The largest absolute Gasteiger partial charge is 0.471 e. The second-order valence-corrected chi connectivity index (χ2v) is 4.28. The topological polar surface area (TPSA) is 53.3 Å². The van der Waals surface area contributed by atoms with Crippen molar-refractivity contribution in [3.8, 4) is 5.88 Å². The number of alkyl halides is 2. The van der Waals surface area contributed by atoms with E-state index in [4.69, 9.17) is 9.47 Å². The summed E-state index contributed by atoms with van der Waals surface area (Å²) in [4.78, 5) is 11.5. The number of halogens is 3. The molecule has 0 unspecified atom stereocenters. The highest BCUT2D eigenvalue weighted by molar-refractivity contribution is 9.10. The van der Waals surface area contributed by atoms with Crippen LogP contribution in [0.2, 0.25) is 0 Å². The van der Waals surface area contributed by atoms with Crippen LogP contribution in [0.5, 0.6) is 5.88 Å². The number of ether oxygens (including phenoxy) is 2. The minimum absolute atomic E-state index is 0.0560. The molecule has 0 atom stereocenters. The van der Waals surface area contributed by atoms with Gasteiger partial charge in [-0.3, -0.25) is 0 Å². The van der Waals surface area contributed by atoms with Gasteiger partial charge in [-0.25, -0.2) is 18.3 Å². The number of rotatable bonds is 2. The van der Waals surface area contributed by atoms with Crippen molar-refractivity contribution in [2.75, 3.05) is 13.2 Å². The minimum Gasteiger partial charge on any atom is -0.471 e. The first-order valence-electron chi connectivity index (χ1n) is 4.88. The third kappa shape index (κ3) is 2.26. The highest BCUT2D eigenvalue weighted by atomic mass is 79.9. The fourth-order valence-electron chi connectivity index (χ4n) is 1.44. The predicted molar refractivity (Wildman–Crippen MR) is 56.3 cm³/mol. The predicted octanol–water partition coefficient (Wildman–Crippen LogP) is 1.85. The van der Waals surface area contributed by atoms with Crippen LogP contribution >= 0.6 is 15.9 Å². The molecule has 1 aromatic heterocycles. The van der Waals surface area contributed by atoms with Crippen molar-refractivity contribution in [1.29, 1.82) is 0 Å². The SMILES string of the molecule is CCOC(=O)c1nn2c(c1Br)OCC(F)(F)C2. The zero-order valence-electron chi connectivity index (χ0n) is 8.87. The molecule has 0 radical (unpaired) electrons. The molecule has 8 heteroatoms. The maximum atomic E-state index is 13.1. The van der Waals surface area contributed by atoms with Gasteiger partial charge in [-0.05, 0) is 22.9 Å². The molecule has 0 aliphatic carbocycles. The van der Waals surface area contributed by atoms with E-state index in [1.165, 1.54) is 0 Å². The van der Waals surface area contributed by atoms with E-state index in [0.29, 0.717) is 0 Å². The molecule has 1 aliphatic heterocycles. The van der Waals surface area contributed by atoms with Crippen LogP contribution in [0.25, 0.3) is 0 Å². The Hall–Kier alpha value is -1.18. The van der Waals surface area contributed by atoms with Gasteiger partial charge >= 0.3 is 11.9 Å². The van der Waals surface area contributed by atoms with Crippen LogP contribution in [-0.2, 0) is 11.3 Å². The summed E-state index contributed by atoms with van der Waals surface area (Å²) in [7, 11) is 0. The molecule has 5 nitrogen and oxygen atoms in total. The lowest BCUT2D eigenvalue weighted by molar-refractivity contribution is -0.0798. The second-order valence-electron chi connectivity index (χ2n) is 3.49. The first-order valence-corrected chi connectivity index (χ1v) is 5.68. The van der Waals surface area contributed by atoms with Gasteiger partial charge in [0.25, 0.3) is 0 Å². The molecule has 17 heavy (non-hydrogen) atoms. The smallest absolute Gasteiger partial charge is 0.360 e. The summed E-state index contributed by atoms with van der Waals surface area (Å²) >= 11 is 3.09. The molecule has 2 heterocycles. The van der Waals surface area contributed by atoms with E-state index in [2.05, 4.69) is 21.0 Å². The fraction of sp³-hybridized carbons (Fsp3) is 0.556. The van der Waals surface area contributed by atoms with Gasteiger partial charge in [-0.15, -0.1) is 0 Å². The first-order chi connectivity index (χ1) is 7.94. The Labute approximate surface area is 104 Å². The number of carbonyl (C=O) groups excluding carboxylic acids is 1. The summed E-state index contributed by atoms with van der Waals surface area (Å²) in [5.74, 6) is -3.53. The summed E-state index contributed by atoms with van der Waals surface area (Å²) in [6.07, 6.45) is 0. The summed E-state index contributed by atoms with van der Waals surface area (Å²) in [6, 6.07) is 0. The Morgan fingerprint density at radius 1 is 1.71 bits per heavy atom. The Morgan fingerprint density at radius 3 is 3.06 bits per heavy atom. The lowest BCUT2D eigenvalue weighted by atomic mass is 10.3. The number of nitrogens with zero attached hydrogens (tertiary/aromatic N) is 2. The number of aromatic nitrogens is 2. The molecule has 0 saturated carbocycles. The molecule has 1 aliphatic rings. The van der Waals surface area contributed by atoms with Gasteiger partial charge in [-0.1, -0.05) is 0 Å². The van der Waals surface area contributed by atoms with Crippen molar-refractivity contribution in [2.45, 2.75) is 19.4 Å². The van der Waals surface area contributed by atoms with Crippen LogP contribution in [0.4, 0.5) is 8.78 Å². The molecule has 2 rings (SSSR count). The third-order valence-corrected chi connectivity index (χ3v) is 2.84. The standard InChI is InChI=1S/C9H9BrF2N2O3/c1-2-16-8(15)6-5(10)7-14(13-6)3-9(11,12)4-17-7/h2-4H2,1H3. The summed E-state index contributed by atoms with van der Waals surface area (Å²) in [5, 5.41) is 3.75. The molecule has 0 N–H and O–H groups in total. The van der Waals surface area contributed by atoms with Gasteiger partial charge in [0.05, 0.1) is 6.61 Å². The molecule has 1 aromatic rings. The Morgan fingerprint density at radius 2 is 2.41 bits per heavy atom. The zero-order chi connectivity index (χ0) is 12.6. The number of fused-ring (bicyclic) bond motifs is 1. The van der Waals surface area contributed by atoms with Crippen molar-refractivity contribution in [1.82, 2.24) is 9.78 Å². The van der Waals surface area contributed by atoms with Gasteiger partial charge in [0, 0.05) is 0 Å². The fourth-order valence-corrected chi connectivity index (χ4v) is 2.00. The zero-order valence-corrected chi connectivity index (χ0v) is 10.5. The van der Waals surface area contributed by atoms with Gasteiger partial charge in [0.2, 0.25) is 5.88 Å². The molecule has 0 bridgehead atoms. The molecule has 0 spiro atoms. The minimum atomic E-state index is -2.98.